The summed E-state index contributed by atoms with van der Waals surface area (Å²) >= 11 is 0. The lowest BCUT2D eigenvalue weighted by atomic mass is 9.99. The van der Waals surface area contributed by atoms with Gasteiger partial charge in [-0.2, -0.15) is 0 Å². The van der Waals surface area contributed by atoms with E-state index in [9.17, 15) is 0 Å². The highest BCUT2D eigenvalue weighted by molar-refractivity contribution is 4.96. The van der Waals surface area contributed by atoms with Crippen LogP contribution in [0.25, 0.3) is 0 Å². The molecule has 1 rings (SSSR count). The number of hydrogen-bond donors (Lipinski definition) is 1. The average Bonchev–Trinajstić information content (AvgIpc) is 2.21. The predicted octanol–water partition coefficient (Wildman–Crippen LogP) is 1.64. The van der Waals surface area contributed by atoms with Gasteiger partial charge in [0.15, 0.2) is 0 Å². The highest BCUT2D eigenvalue weighted by Gasteiger charge is 2.20. The van der Waals surface area contributed by atoms with Crippen molar-refractivity contribution in [1.82, 2.24) is 4.90 Å². The molecule has 1 unspecified atom stereocenters. The van der Waals surface area contributed by atoms with Crippen LogP contribution in [0, 0.1) is 11.8 Å². The molecular formula is C12H21NO. The third kappa shape index (κ3) is 3.69. The minimum absolute atomic E-state index is 0.320. The molecule has 2 nitrogen and oxygen atoms in total. The van der Waals surface area contributed by atoms with Crippen molar-refractivity contribution >= 4 is 0 Å². The van der Waals surface area contributed by atoms with Crippen LogP contribution in [0.5, 0.6) is 0 Å². The summed E-state index contributed by atoms with van der Waals surface area (Å²) < 4.78 is 0. The van der Waals surface area contributed by atoms with Crippen LogP contribution < -0.4 is 0 Å². The molecule has 0 aromatic rings. The third-order valence-electron chi connectivity index (χ3n) is 2.91. The topological polar surface area (TPSA) is 23.5 Å². The van der Waals surface area contributed by atoms with Crippen LogP contribution in [-0.4, -0.2) is 35.7 Å². The minimum Gasteiger partial charge on any atom is -0.396 e. The lowest BCUT2D eigenvalue weighted by molar-refractivity contribution is 0.122. The van der Waals surface area contributed by atoms with E-state index >= 15 is 0 Å². The fraction of sp³-hybridized carbons (Fsp3) is 0.833. The first-order chi connectivity index (χ1) is 6.88. The molecule has 2 heteroatoms. The van der Waals surface area contributed by atoms with E-state index in [0.717, 1.165) is 19.4 Å². The normalized spacial score (nSPS) is 22.9. The molecule has 14 heavy (non-hydrogen) atoms. The number of aliphatic hydroxyl groups excluding tert-OH is 1. The Balaban J connectivity index is 2.32. The largest absolute Gasteiger partial charge is 0.396 e. The van der Waals surface area contributed by atoms with Crippen molar-refractivity contribution in [3.8, 4) is 11.8 Å². The molecule has 1 heterocycles. The zero-order valence-electron chi connectivity index (χ0n) is 9.13. The fourth-order valence-corrected chi connectivity index (χ4v) is 2.15. The number of piperidine rings is 1. The maximum atomic E-state index is 8.95. The average molecular weight is 195 g/mol. The first-order valence-electron chi connectivity index (χ1n) is 5.63. The monoisotopic (exact) mass is 195 g/mol. The molecule has 1 aliphatic heterocycles. The van der Waals surface area contributed by atoms with Crippen LogP contribution in [0.15, 0.2) is 0 Å². The molecule has 0 aromatic carbocycles. The quantitative estimate of drug-likeness (QED) is 0.689. The Kier molecular flexibility index (Phi) is 5.66. The molecule has 0 aromatic heterocycles. The molecule has 1 N–H and O–H groups in total. The van der Waals surface area contributed by atoms with Crippen LogP contribution in [0.1, 0.15) is 39.0 Å². The van der Waals surface area contributed by atoms with E-state index in [4.69, 9.17) is 5.11 Å². The van der Waals surface area contributed by atoms with Crippen LogP contribution in [0.4, 0.5) is 0 Å². The van der Waals surface area contributed by atoms with Crippen molar-refractivity contribution in [1.29, 1.82) is 0 Å². The molecule has 80 valence electrons. The predicted molar refractivity (Wildman–Crippen MR) is 59.0 cm³/mol. The number of likely N-dealkylation sites (tertiary alicyclic amines) is 1. The fourth-order valence-electron chi connectivity index (χ4n) is 2.15. The van der Waals surface area contributed by atoms with E-state index in [-0.39, 0.29) is 0 Å². The zero-order chi connectivity index (χ0) is 10.2. The zero-order valence-corrected chi connectivity index (χ0v) is 9.13. The second-order valence-corrected chi connectivity index (χ2v) is 3.87. The summed E-state index contributed by atoms with van der Waals surface area (Å²) in [5.41, 5.74) is 0. The number of nitrogens with zero attached hydrogens (tertiary/aromatic N) is 1. The second-order valence-electron chi connectivity index (χ2n) is 3.87. The first-order valence-corrected chi connectivity index (χ1v) is 5.63. The molecule has 1 aliphatic rings. The molecule has 0 amide bonds. The molecule has 0 spiro atoms. The van der Waals surface area contributed by atoms with Crippen molar-refractivity contribution < 1.29 is 5.11 Å². The summed E-state index contributed by atoms with van der Waals surface area (Å²) in [6.45, 7) is 4.48. The summed E-state index contributed by atoms with van der Waals surface area (Å²) in [6, 6.07) is 0.604. The smallest absolute Gasteiger partial charge is 0.0445 e. The summed E-state index contributed by atoms with van der Waals surface area (Å²) in [5, 5.41) is 8.95. The van der Waals surface area contributed by atoms with E-state index in [1.54, 1.807) is 0 Å². The van der Waals surface area contributed by atoms with Crippen LogP contribution in [0.3, 0.4) is 0 Å². The van der Waals surface area contributed by atoms with Gasteiger partial charge in [-0.3, -0.25) is 4.90 Å². The van der Waals surface area contributed by atoms with Gasteiger partial charge in [-0.05, 0) is 32.7 Å². The molecule has 0 aliphatic carbocycles. The SMILES string of the molecule is CC#CCCN1CCCCC1CCO. The van der Waals surface area contributed by atoms with Crippen molar-refractivity contribution in [2.24, 2.45) is 0 Å². The molecule has 1 saturated heterocycles. The van der Waals surface area contributed by atoms with E-state index in [1.165, 1.54) is 25.8 Å². The van der Waals surface area contributed by atoms with Crippen LogP contribution in [-0.2, 0) is 0 Å². The Bertz CT molecular complexity index is 202. The van der Waals surface area contributed by atoms with Gasteiger partial charge in [-0.15, -0.1) is 11.8 Å². The van der Waals surface area contributed by atoms with Gasteiger partial charge in [0, 0.05) is 25.6 Å². The number of hydrogen-bond acceptors (Lipinski definition) is 2. The lowest BCUT2D eigenvalue weighted by Crippen LogP contribution is -2.40. The first kappa shape index (κ1) is 11.6. The maximum absolute atomic E-state index is 8.95. The van der Waals surface area contributed by atoms with Gasteiger partial charge in [-0.25, -0.2) is 0 Å². The molecule has 0 saturated carbocycles. The van der Waals surface area contributed by atoms with Gasteiger partial charge < -0.3 is 5.11 Å². The standard InChI is InChI=1S/C12H21NO/c1-2-3-5-9-13-10-6-4-7-12(13)8-11-14/h12,14H,4-11H2,1H3. The van der Waals surface area contributed by atoms with Gasteiger partial charge in [0.05, 0.1) is 0 Å². The Labute approximate surface area is 87.3 Å². The van der Waals surface area contributed by atoms with Gasteiger partial charge in [0.2, 0.25) is 0 Å². The summed E-state index contributed by atoms with van der Waals surface area (Å²) in [4.78, 5) is 2.49. The Morgan fingerprint density at radius 1 is 1.43 bits per heavy atom. The highest BCUT2D eigenvalue weighted by atomic mass is 16.3. The molecule has 0 bridgehead atoms. The Hall–Kier alpha value is -0.520. The number of rotatable bonds is 4. The van der Waals surface area contributed by atoms with Gasteiger partial charge >= 0.3 is 0 Å². The molecule has 0 radical (unpaired) electrons. The molecular weight excluding hydrogens is 174 g/mol. The maximum Gasteiger partial charge on any atom is 0.0445 e. The van der Waals surface area contributed by atoms with E-state index < -0.39 is 0 Å². The third-order valence-corrected chi connectivity index (χ3v) is 2.91. The minimum atomic E-state index is 0.320. The van der Waals surface area contributed by atoms with E-state index in [2.05, 4.69) is 16.7 Å². The summed E-state index contributed by atoms with van der Waals surface area (Å²) in [5.74, 6) is 6.03. The molecule has 1 atom stereocenters. The van der Waals surface area contributed by atoms with Gasteiger partial charge in [-0.1, -0.05) is 6.42 Å². The lowest BCUT2D eigenvalue weighted by Gasteiger charge is -2.35. The van der Waals surface area contributed by atoms with E-state index in [1.807, 2.05) is 6.92 Å². The Morgan fingerprint density at radius 2 is 2.29 bits per heavy atom. The summed E-state index contributed by atoms with van der Waals surface area (Å²) in [6.07, 6.45) is 5.78. The van der Waals surface area contributed by atoms with Gasteiger partial charge in [0.25, 0.3) is 0 Å². The van der Waals surface area contributed by atoms with E-state index in [0.29, 0.717) is 12.6 Å². The van der Waals surface area contributed by atoms with Crippen molar-refractivity contribution in [3.05, 3.63) is 0 Å². The van der Waals surface area contributed by atoms with Crippen LogP contribution >= 0.6 is 0 Å². The number of aliphatic hydroxyl groups is 1. The Morgan fingerprint density at radius 3 is 3.00 bits per heavy atom. The van der Waals surface area contributed by atoms with Crippen molar-refractivity contribution in [2.45, 2.75) is 45.1 Å². The second kappa shape index (κ2) is 6.86. The van der Waals surface area contributed by atoms with Gasteiger partial charge in [0.1, 0.15) is 0 Å². The van der Waals surface area contributed by atoms with Crippen molar-refractivity contribution in [3.63, 3.8) is 0 Å². The highest BCUT2D eigenvalue weighted by Crippen LogP contribution is 2.19. The summed E-state index contributed by atoms with van der Waals surface area (Å²) in [7, 11) is 0. The molecule has 1 fully saturated rings. The van der Waals surface area contributed by atoms with Crippen molar-refractivity contribution in [2.75, 3.05) is 19.7 Å². The van der Waals surface area contributed by atoms with Crippen LogP contribution in [0.2, 0.25) is 0 Å².